The summed E-state index contributed by atoms with van der Waals surface area (Å²) in [5, 5.41) is 3.13. The van der Waals surface area contributed by atoms with Crippen molar-refractivity contribution >= 4 is 11.8 Å². The maximum atomic E-state index is 13.7. The standard InChI is InChI=1S/C27H26N2O3/c1-2-32-23-14-8-4-10-19(23)17-28-26(30)24-21-12-6-7-13-22(21)27(31)29-16-15-18-9-3-5-11-20(18)25(24)29/h3-14,24-25H,2,15-17H2,1H3,(H,28,30). The van der Waals surface area contributed by atoms with Crippen LogP contribution in [0.5, 0.6) is 5.75 Å². The summed E-state index contributed by atoms with van der Waals surface area (Å²) >= 11 is 0. The van der Waals surface area contributed by atoms with Gasteiger partial charge in [-0.05, 0) is 42.2 Å². The van der Waals surface area contributed by atoms with Crippen molar-refractivity contribution in [1.29, 1.82) is 0 Å². The molecule has 2 amide bonds. The smallest absolute Gasteiger partial charge is 0.254 e. The van der Waals surface area contributed by atoms with E-state index in [-0.39, 0.29) is 17.9 Å². The Bertz CT molecular complexity index is 1170. The first-order valence-corrected chi connectivity index (χ1v) is 11.1. The third-order valence-electron chi connectivity index (χ3n) is 6.44. The number of rotatable bonds is 5. The summed E-state index contributed by atoms with van der Waals surface area (Å²) < 4.78 is 5.71. The lowest BCUT2D eigenvalue weighted by molar-refractivity contribution is -0.124. The lowest BCUT2D eigenvalue weighted by Gasteiger charge is -2.45. The number of nitrogens with one attached hydrogen (secondary N) is 1. The second-order valence-corrected chi connectivity index (χ2v) is 8.22. The molecule has 5 rings (SSSR count). The average molecular weight is 427 g/mol. The topological polar surface area (TPSA) is 58.6 Å². The van der Waals surface area contributed by atoms with E-state index >= 15 is 0 Å². The van der Waals surface area contributed by atoms with E-state index in [1.807, 2.05) is 72.5 Å². The predicted molar refractivity (Wildman–Crippen MR) is 123 cm³/mol. The molecule has 32 heavy (non-hydrogen) atoms. The van der Waals surface area contributed by atoms with Gasteiger partial charge in [0.25, 0.3) is 5.91 Å². The fourth-order valence-electron chi connectivity index (χ4n) is 5.00. The number of benzene rings is 3. The molecule has 162 valence electrons. The number of ether oxygens (including phenoxy) is 1. The fourth-order valence-corrected chi connectivity index (χ4v) is 5.00. The van der Waals surface area contributed by atoms with E-state index in [4.69, 9.17) is 4.74 Å². The highest BCUT2D eigenvalue weighted by Crippen LogP contribution is 2.45. The Morgan fingerprint density at radius 1 is 1.00 bits per heavy atom. The third kappa shape index (κ3) is 3.44. The minimum Gasteiger partial charge on any atom is -0.494 e. The largest absolute Gasteiger partial charge is 0.494 e. The Kier molecular flexibility index (Phi) is 5.39. The second kappa shape index (κ2) is 8.50. The summed E-state index contributed by atoms with van der Waals surface area (Å²) in [4.78, 5) is 28.9. The number of nitrogens with zero attached hydrogens (tertiary/aromatic N) is 1. The molecule has 3 aromatic rings. The van der Waals surface area contributed by atoms with E-state index in [1.165, 1.54) is 5.56 Å². The van der Waals surface area contributed by atoms with Crippen LogP contribution in [0, 0.1) is 0 Å². The molecular formula is C27H26N2O3. The minimum absolute atomic E-state index is 0.00541. The molecule has 5 heteroatoms. The lowest BCUT2D eigenvalue weighted by atomic mass is 9.76. The SMILES string of the molecule is CCOc1ccccc1CNC(=O)C1c2ccccc2C(=O)N2CCc3ccccc3C12. The Morgan fingerprint density at radius 2 is 1.72 bits per heavy atom. The number of carbonyl (C=O) groups excluding carboxylic acids is 2. The molecule has 2 heterocycles. The van der Waals surface area contributed by atoms with Crippen LogP contribution >= 0.6 is 0 Å². The van der Waals surface area contributed by atoms with Crippen LogP contribution in [0.1, 0.15) is 51.5 Å². The van der Waals surface area contributed by atoms with Crippen LogP contribution in [0.2, 0.25) is 0 Å². The molecule has 2 aliphatic heterocycles. The van der Waals surface area contributed by atoms with Crippen molar-refractivity contribution in [3.05, 3.63) is 101 Å². The van der Waals surface area contributed by atoms with Crippen LogP contribution in [0.15, 0.2) is 72.8 Å². The number of fused-ring (bicyclic) bond motifs is 4. The van der Waals surface area contributed by atoms with Gasteiger partial charge in [0.1, 0.15) is 5.75 Å². The molecular weight excluding hydrogens is 400 g/mol. The van der Waals surface area contributed by atoms with Crippen molar-refractivity contribution in [2.45, 2.75) is 31.8 Å². The van der Waals surface area contributed by atoms with Gasteiger partial charge in [0, 0.05) is 24.2 Å². The molecule has 1 N–H and O–H groups in total. The molecule has 0 fully saturated rings. The summed E-state index contributed by atoms with van der Waals surface area (Å²) in [5.74, 6) is 0.234. The first-order chi connectivity index (χ1) is 15.7. The van der Waals surface area contributed by atoms with E-state index in [0.717, 1.165) is 28.9 Å². The van der Waals surface area contributed by atoms with Crippen LogP contribution in [-0.4, -0.2) is 29.9 Å². The Balaban J connectivity index is 1.51. The van der Waals surface area contributed by atoms with E-state index in [9.17, 15) is 9.59 Å². The number of para-hydroxylation sites is 1. The number of hydrogen-bond donors (Lipinski definition) is 1. The Labute approximate surface area is 188 Å². The monoisotopic (exact) mass is 426 g/mol. The van der Waals surface area contributed by atoms with E-state index in [0.29, 0.717) is 25.3 Å². The van der Waals surface area contributed by atoms with Crippen molar-refractivity contribution in [3.63, 3.8) is 0 Å². The molecule has 2 unspecified atom stereocenters. The molecule has 2 aliphatic rings. The first-order valence-electron chi connectivity index (χ1n) is 11.1. The van der Waals surface area contributed by atoms with Crippen LogP contribution in [-0.2, 0) is 17.8 Å². The van der Waals surface area contributed by atoms with Gasteiger partial charge in [0.2, 0.25) is 5.91 Å². The molecule has 0 saturated carbocycles. The molecule has 0 radical (unpaired) electrons. The fraction of sp³-hybridized carbons (Fsp3) is 0.259. The maximum Gasteiger partial charge on any atom is 0.254 e. The van der Waals surface area contributed by atoms with Crippen LogP contribution in [0.3, 0.4) is 0 Å². The molecule has 3 aromatic carbocycles. The van der Waals surface area contributed by atoms with Crippen molar-refractivity contribution in [1.82, 2.24) is 10.2 Å². The minimum atomic E-state index is -0.468. The number of amides is 2. The maximum absolute atomic E-state index is 13.7. The molecule has 0 aromatic heterocycles. The van der Waals surface area contributed by atoms with Crippen LogP contribution < -0.4 is 10.1 Å². The van der Waals surface area contributed by atoms with Gasteiger partial charge in [-0.25, -0.2) is 0 Å². The zero-order valence-corrected chi connectivity index (χ0v) is 18.1. The highest BCUT2D eigenvalue weighted by Gasteiger charge is 2.46. The van der Waals surface area contributed by atoms with Crippen molar-refractivity contribution < 1.29 is 14.3 Å². The van der Waals surface area contributed by atoms with E-state index in [1.54, 1.807) is 0 Å². The molecule has 0 saturated heterocycles. The summed E-state index contributed by atoms with van der Waals surface area (Å²) in [7, 11) is 0. The Morgan fingerprint density at radius 3 is 2.56 bits per heavy atom. The molecule has 0 aliphatic carbocycles. The highest BCUT2D eigenvalue weighted by atomic mass is 16.5. The summed E-state index contributed by atoms with van der Waals surface area (Å²) in [5.41, 5.74) is 4.63. The summed E-state index contributed by atoms with van der Waals surface area (Å²) in [6, 6.07) is 23.1. The quantitative estimate of drug-likeness (QED) is 0.664. The van der Waals surface area contributed by atoms with Gasteiger partial charge in [-0.15, -0.1) is 0 Å². The average Bonchev–Trinajstić information content (AvgIpc) is 2.84. The van der Waals surface area contributed by atoms with Crippen molar-refractivity contribution in [2.75, 3.05) is 13.2 Å². The Hall–Kier alpha value is -3.60. The van der Waals surface area contributed by atoms with Crippen molar-refractivity contribution in [2.24, 2.45) is 0 Å². The summed E-state index contributed by atoms with van der Waals surface area (Å²) in [6.45, 7) is 3.50. The molecule has 2 atom stereocenters. The lowest BCUT2D eigenvalue weighted by Crippen LogP contribution is -2.50. The third-order valence-corrected chi connectivity index (χ3v) is 6.44. The number of hydrogen-bond acceptors (Lipinski definition) is 3. The molecule has 0 spiro atoms. The molecule has 5 nitrogen and oxygen atoms in total. The van der Waals surface area contributed by atoms with Gasteiger partial charge in [0.15, 0.2) is 0 Å². The first kappa shape index (κ1) is 20.3. The van der Waals surface area contributed by atoms with Gasteiger partial charge in [0.05, 0.1) is 18.6 Å². The van der Waals surface area contributed by atoms with Gasteiger partial charge in [-0.2, -0.15) is 0 Å². The molecule has 0 bridgehead atoms. The van der Waals surface area contributed by atoms with Gasteiger partial charge < -0.3 is 15.0 Å². The van der Waals surface area contributed by atoms with Crippen LogP contribution in [0.25, 0.3) is 0 Å². The summed E-state index contributed by atoms with van der Waals surface area (Å²) in [6.07, 6.45) is 0.802. The second-order valence-electron chi connectivity index (χ2n) is 8.22. The normalized spacial score (nSPS) is 18.9. The highest BCUT2D eigenvalue weighted by molar-refractivity contribution is 6.01. The predicted octanol–water partition coefficient (Wildman–Crippen LogP) is 4.24. The van der Waals surface area contributed by atoms with Gasteiger partial charge in [-0.3, -0.25) is 9.59 Å². The zero-order valence-electron chi connectivity index (χ0n) is 18.1. The number of carbonyl (C=O) groups is 2. The van der Waals surface area contributed by atoms with Gasteiger partial charge in [-0.1, -0.05) is 60.7 Å². The van der Waals surface area contributed by atoms with Crippen molar-refractivity contribution in [3.8, 4) is 5.75 Å². The zero-order chi connectivity index (χ0) is 22.1. The van der Waals surface area contributed by atoms with Crippen LogP contribution in [0.4, 0.5) is 0 Å². The van der Waals surface area contributed by atoms with Gasteiger partial charge >= 0.3 is 0 Å². The van der Waals surface area contributed by atoms with E-state index < -0.39 is 5.92 Å². The van der Waals surface area contributed by atoms with E-state index in [2.05, 4.69) is 17.4 Å².